The first-order valence-corrected chi connectivity index (χ1v) is 5.09. The number of hydrogen-bond donors (Lipinski definition) is 1. The Bertz CT molecular complexity index is 451. The summed E-state index contributed by atoms with van der Waals surface area (Å²) in [6.07, 6.45) is -4.52. The first kappa shape index (κ1) is 14.6. The van der Waals surface area contributed by atoms with Gasteiger partial charge < -0.3 is 5.32 Å². The van der Waals surface area contributed by atoms with E-state index in [9.17, 15) is 18.0 Å². The minimum Gasteiger partial charge on any atom is -0.306 e. The summed E-state index contributed by atoms with van der Waals surface area (Å²) in [7, 11) is 2.63. The second-order valence-corrected chi connectivity index (χ2v) is 3.71. The van der Waals surface area contributed by atoms with Crippen molar-refractivity contribution in [2.24, 2.45) is 0 Å². The van der Waals surface area contributed by atoms with Crippen molar-refractivity contribution >= 4 is 23.3 Å². The second-order valence-electron chi connectivity index (χ2n) is 3.30. The van der Waals surface area contributed by atoms with Crippen molar-refractivity contribution in [3.8, 4) is 0 Å². The number of hydroxylamine groups is 2. The molecule has 1 aromatic rings. The quantitative estimate of drug-likeness (QED) is 0.845. The van der Waals surface area contributed by atoms with Gasteiger partial charge >= 0.3 is 12.2 Å². The van der Waals surface area contributed by atoms with Crippen molar-refractivity contribution in [3.05, 3.63) is 28.8 Å². The van der Waals surface area contributed by atoms with Gasteiger partial charge in [0, 0.05) is 12.7 Å². The van der Waals surface area contributed by atoms with Crippen LogP contribution in [0.2, 0.25) is 5.02 Å². The molecule has 0 radical (unpaired) electrons. The van der Waals surface area contributed by atoms with Crippen molar-refractivity contribution < 1.29 is 22.8 Å². The molecule has 2 amide bonds. The molecule has 0 fully saturated rings. The lowest BCUT2D eigenvalue weighted by molar-refractivity contribution is -0.137. The normalized spacial score (nSPS) is 11.2. The van der Waals surface area contributed by atoms with Gasteiger partial charge in [0.15, 0.2) is 0 Å². The Morgan fingerprint density at radius 1 is 1.44 bits per heavy atom. The molecule has 1 N–H and O–H groups in total. The molecular weight excluding hydrogens is 273 g/mol. The van der Waals surface area contributed by atoms with Crippen LogP contribution in [-0.2, 0) is 11.0 Å². The van der Waals surface area contributed by atoms with Gasteiger partial charge in [-0.3, -0.25) is 4.84 Å². The summed E-state index contributed by atoms with van der Waals surface area (Å²) in [5, 5.41) is 2.72. The van der Waals surface area contributed by atoms with Crippen LogP contribution in [0.25, 0.3) is 0 Å². The SMILES string of the molecule is CON(C)C(=O)Nc1ccc(C(F)(F)F)c(Cl)c1. The smallest absolute Gasteiger partial charge is 0.306 e. The fraction of sp³-hybridized carbons (Fsp3) is 0.300. The summed E-state index contributed by atoms with van der Waals surface area (Å²) in [5.74, 6) is 0. The number of nitrogens with zero attached hydrogens (tertiary/aromatic N) is 1. The lowest BCUT2D eigenvalue weighted by Crippen LogP contribution is -2.30. The number of hydrogen-bond acceptors (Lipinski definition) is 2. The third-order valence-corrected chi connectivity index (χ3v) is 2.40. The molecule has 0 aromatic heterocycles. The summed E-state index contributed by atoms with van der Waals surface area (Å²) < 4.78 is 37.3. The number of urea groups is 1. The molecule has 8 heteroatoms. The number of nitrogens with one attached hydrogen (secondary N) is 1. The number of alkyl halides is 3. The van der Waals surface area contributed by atoms with Gasteiger partial charge in [0.25, 0.3) is 0 Å². The molecule has 100 valence electrons. The monoisotopic (exact) mass is 282 g/mol. The number of benzene rings is 1. The second kappa shape index (κ2) is 5.45. The number of rotatable bonds is 2. The van der Waals surface area contributed by atoms with Gasteiger partial charge in [-0.2, -0.15) is 13.2 Å². The highest BCUT2D eigenvalue weighted by Gasteiger charge is 2.33. The predicted molar refractivity (Wildman–Crippen MR) is 60.2 cm³/mol. The highest BCUT2D eigenvalue weighted by molar-refractivity contribution is 6.31. The highest BCUT2D eigenvalue weighted by Crippen LogP contribution is 2.35. The van der Waals surface area contributed by atoms with Crippen LogP contribution in [0.5, 0.6) is 0 Å². The van der Waals surface area contributed by atoms with E-state index in [1.54, 1.807) is 0 Å². The Morgan fingerprint density at radius 3 is 2.50 bits per heavy atom. The summed E-state index contributed by atoms with van der Waals surface area (Å²) in [6, 6.07) is 2.29. The van der Waals surface area contributed by atoms with Gasteiger partial charge in [-0.1, -0.05) is 11.6 Å². The number of anilines is 1. The van der Waals surface area contributed by atoms with E-state index in [0.717, 1.165) is 23.3 Å². The van der Waals surface area contributed by atoms with Gasteiger partial charge in [-0.25, -0.2) is 9.86 Å². The molecule has 0 aliphatic carbocycles. The third kappa shape index (κ3) is 3.51. The molecule has 0 saturated carbocycles. The minimum absolute atomic E-state index is 0.141. The zero-order valence-corrected chi connectivity index (χ0v) is 10.3. The van der Waals surface area contributed by atoms with Gasteiger partial charge in [-0.15, -0.1) is 0 Å². The van der Waals surface area contributed by atoms with Crippen LogP contribution in [0.15, 0.2) is 18.2 Å². The average molecular weight is 283 g/mol. The number of halogens is 4. The van der Waals surface area contributed by atoms with E-state index in [2.05, 4.69) is 10.2 Å². The largest absolute Gasteiger partial charge is 0.417 e. The van der Waals surface area contributed by atoms with E-state index in [1.807, 2.05) is 0 Å². The van der Waals surface area contributed by atoms with Crippen molar-refractivity contribution in [1.29, 1.82) is 0 Å². The Kier molecular flexibility index (Phi) is 4.42. The highest BCUT2D eigenvalue weighted by atomic mass is 35.5. The predicted octanol–water partition coefficient (Wildman–Crippen LogP) is 3.38. The van der Waals surface area contributed by atoms with Crippen LogP contribution in [0.4, 0.5) is 23.7 Å². The molecule has 0 saturated heterocycles. The van der Waals surface area contributed by atoms with E-state index < -0.39 is 22.8 Å². The Hall–Kier alpha value is -1.47. The molecule has 0 unspecified atom stereocenters. The molecule has 1 rings (SSSR count). The Labute approximate surface area is 106 Å². The van der Waals surface area contributed by atoms with Crippen LogP contribution >= 0.6 is 11.6 Å². The first-order valence-electron chi connectivity index (χ1n) is 4.71. The first-order chi connectivity index (χ1) is 8.25. The van der Waals surface area contributed by atoms with Gasteiger partial charge in [0.1, 0.15) is 0 Å². The molecule has 18 heavy (non-hydrogen) atoms. The summed E-state index contributed by atoms with van der Waals surface area (Å²) >= 11 is 5.49. The number of carbonyl (C=O) groups is 1. The summed E-state index contributed by atoms with van der Waals surface area (Å²) in [6.45, 7) is 0. The van der Waals surface area contributed by atoms with Crippen molar-refractivity contribution in [2.45, 2.75) is 6.18 Å². The topological polar surface area (TPSA) is 41.6 Å². The zero-order chi connectivity index (χ0) is 13.9. The standard InChI is InChI=1S/C10H10ClF3N2O2/c1-16(18-2)9(17)15-6-3-4-7(8(11)5-6)10(12,13)14/h3-5H,1-2H3,(H,15,17). The maximum Gasteiger partial charge on any atom is 0.417 e. The van der Waals surface area contributed by atoms with Crippen molar-refractivity contribution in [2.75, 3.05) is 19.5 Å². The number of amides is 2. The maximum absolute atomic E-state index is 12.4. The van der Waals surface area contributed by atoms with E-state index >= 15 is 0 Å². The summed E-state index contributed by atoms with van der Waals surface area (Å²) in [4.78, 5) is 16.0. The molecule has 0 bridgehead atoms. The lowest BCUT2D eigenvalue weighted by atomic mass is 10.2. The zero-order valence-electron chi connectivity index (χ0n) is 9.51. The Balaban J connectivity index is 2.89. The van der Waals surface area contributed by atoms with Crippen LogP contribution in [0, 0.1) is 0 Å². The molecule has 1 aromatic carbocycles. The average Bonchev–Trinajstić information content (AvgIpc) is 2.26. The van der Waals surface area contributed by atoms with E-state index in [1.165, 1.54) is 14.2 Å². The molecule has 4 nitrogen and oxygen atoms in total. The fourth-order valence-electron chi connectivity index (χ4n) is 1.11. The van der Waals surface area contributed by atoms with Gasteiger partial charge in [0.05, 0.1) is 17.7 Å². The van der Waals surface area contributed by atoms with Gasteiger partial charge in [-0.05, 0) is 18.2 Å². The maximum atomic E-state index is 12.4. The van der Waals surface area contributed by atoms with Crippen LogP contribution in [-0.4, -0.2) is 25.3 Å². The number of carbonyl (C=O) groups excluding carboxylic acids is 1. The molecular formula is C10H10ClF3N2O2. The third-order valence-electron chi connectivity index (χ3n) is 2.09. The summed E-state index contributed by atoms with van der Waals surface area (Å²) in [5.41, 5.74) is -0.816. The van der Waals surface area contributed by atoms with Crippen molar-refractivity contribution in [3.63, 3.8) is 0 Å². The molecule has 0 spiro atoms. The Morgan fingerprint density at radius 2 is 2.06 bits per heavy atom. The van der Waals surface area contributed by atoms with Crippen LogP contribution in [0.3, 0.4) is 0 Å². The minimum atomic E-state index is -4.52. The van der Waals surface area contributed by atoms with Crippen LogP contribution < -0.4 is 5.32 Å². The van der Waals surface area contributed by atoms with E-state index in [-0.39, 0.29) is 5.69 Å². The van der Waals surface area contributed by atoms with Crippen LogP contribution in [0.1, 0.15) is 5.56 Å². The molecule has 0 heterocycles. The molecule has 0 aliphatic rings. The lowest BCUT2D eigenvalue weighted by Gasteiger charge is -2.15. The van der Waals surface area contributed by atoms with Crippen molar-refractivity contribution in [1.82, 2.24) is 5.06 Å². The van der Waals surface area contributed by atoms with E-state index in [4.69, 9.17) is 11.6 Å². The molecule has 0 aliphatic heterocycles. The van der Waals surface area contributed by atoms with Gasteiger partial charge in [0.2, 0.25) is 0 Å². The fourth-order valence-corrected chi connectivity index (χ4v) is 1.40. The van der Waals surface area contributed by atoms with E-state index in [0.29, 0.717) is 0 Å². The molecule has 0 atom stereocenters.